The second kappa shape index (κ2) is 9.40. The highest BCUT2D eigenvalue weighted by atomic mass is 15.1. The van der Waals surface area contributed by atoms with Crippen molar-refractivity contribution in [1.29, 1.82) is 5.26 Å². The standard InChI is InChI=1S/C29H29N3/c30-20-25-14-5-4-12-23(25)18-19-24-13-6-7-15-26(24)29-31-27-16-8-9-17-28(27)32(29)21-22-10-2-1-3-11-22/h4-9,12-17,22H,1-3,10-11,18-19,21H2. The highest BCUT2D eigenvalue weighted by Gasteiger charge is 2.20. The molecule has 0 amide bonds. The molecule has 3 heteroatoms. The van der Waals surface area contributed by atoms with Crippen LogP contribution in [0.3, 0.4) is 0 Å². The largest absolute Gasteiger partial charge is 0.324 e. The third kappa shape index (κ3) is 4.18. The fourth-order valence-electron chi connectivity index (χ4n) is 5.17. The lowest BCUT2D eigenvalue weighted by Gasteiger charge is -2.23. The van der Waals surface area contributed by atoms with Gasteiger partial charge in [0.05, 0.1) is 22.7 Å². The summed E-state index contributed by atoms with van der Waals surface area (Å²) in [6, 6.07) is 27.5. The molecule has 4 aromatic rings. The van der Waals surface area contributed by atoms with Crippen molar-refractivity contribution in [2.75, 3.05) is 0 Å². The van der Waals surface area contributed by atoms with Gasteiger partial charge in [-0.2, -0.15) is 5.26 Å². The third-order valence-electron chi connectivity index (χ3n) is 6.88. The van der Waals surface area contributed by atoms with Crippen LogP contribution in [-0.2, 0) is 19.4 Å². The molecular formula is C29H29N3. The molecular weight excluding hydrogens is 390 g/mol. The first-order valence-electron chi connectivity index (χ1n) is 11.8. The maximum Gasteiger partial charge on any atom is 0.141 e. The van der Waals surface area contributed by atoms with Crippen molar-refractivity contribution in [3.05, 3.63) is 89.5 Å². The predicted molar refractivity (Wildman–Crippen MR) is 130 cm³/mol. The van der Waals surface area contributed by atoms with E-state index >= 15 is 0 Å². The molecule has 1 aromatic heterocycles. The third-order valence-corrected chi connectivity index (χ3v) is 6.88. The Morgan fingerprint density at radius 2 is 1.50 bits per heavy atom. The summed E-state index contributed by atoms with van der Waals surface area (Å²) in [4.78, 5) is 5.11. The number of imidazole rings is 1. The fraction of sp³-hybridized carbons (Fsp3) is 0.310. The van der Waals surface area contributed by atoms with Gasteiger partial charge in [0.15, 0.2) is 0 Å². The summed E-state index contributed by atoms with van der Waals surface area (Å²) in [6.45, 7) is 1.04. The van der Waals surface area contributed by atoms with E-state index in [1.165, 1.54) is 48.7 Å². The number of para-hydroxylation sites is 2. The molecule has 1 aliphatic rings. The normalized spacial score (nSPS) is 14.5. The van der Waals surface area contributed by atoms with Crippen molar-refractivity contribution >= 4 is 11.0 Å². The molecule has 160 valence electrons. The van der Waals surface area contributed by atoms with E-state index in [4.69, 9.17) is 4.98 Å². The van der Waals surface area contributed by atoms with E-state index < -0.39 is 0 Å². The minimum absolute atomic E-state index is 0.731. The molecule has 32 heavy (non-hydrogen) atoms. The van der Waals surface area contributed by atoms with E-state index in [1.807, 2.05) is 18.2 Å². The average Bonchev–Trinajstić information content (AvgIpc) is 3.22. The Kier molecular flexibility index (Phi) is 6.03. The minimum atomic E-state index is 0.731. The lowest BCUT2D eigenvalue weighted by Crippen LogP contribution is -2.15. The smallest absolute Gasteiger partial charge is 0.141 e. The molecule has 1 fully saturated rings. The van der Waals surface area contributed by atoms with Gasteiger partial charge in [-0.05, 0) is 60.9 Å². The van der Waals surface area contributed by atoms with Crippen molar-refractivity contribution in [3.8, 4) is 17.5 Å². The second-order valence-electron chi connectivity index (χ2n) is 8.96. The second-order valence-corrected chi connectivity index (χ2v) is 8.96. The molecule has 3 nitrogen and oxygen atoms in total. The lowest BCUT2D eigenvalue weighted by atomic mass is 9.89. The van der Waals surface area contributed by atoms with Crippen LogP contribution in [0.1, 0.15) is 48.8 Å². The Bertz CT molecular complexity index is 1250. The molecule has 3 aromatic carbocycles. The van der Waals surface area contributed by atoms with Crippen molar-refractivity contribution in [3.63, 3.8) is 0 Å². The van der Waals surface area contributed by atoms with E-state index in [0.29, 0.717) is 0 Å². The average molecular weight is 420 g/mol. The van der Waals surface area contributed by atoms with Gasteiger partial charge in [0.1, 0.15) is 5.82 Å². The summed E-state index contributed by atoms with van der Waals surface area (Å²) in [5.74, 6) is 1.82. The Hall–Kier alpha value is -3.38. The van der Waals surface area contributed by atoms with Crippen LogP contribution in [0.5, 0.6) is 0 Å². The maximum atomic E-state index is 9.46. The number of rotatable bonds is 6. The van der Waals surface area contributed by atoms with Gasteiger partial charge in [-0.25, -0.2) is 4.98 Å². The van der Waals surface area contributed by atoms with Crippen LogP contribution < -0.4 is 0 Å². The van der Waals surface area contributed by atoms with Gasteiger partial charge in [-0.15, -0.1) is 0 Å². The predicted octanol–water partition coefficient (Wildman–Crippen LogP) is 6.94. The molecule has 0 spiro atoms. The van der Waals surface area contributed by atoms with E-state index in [-0.39, 0.29) is 0 Å². The SMILES string of the molecule is N#Cc1ccccc1CCc1ccccc1-c1nc2ccccc2n1CC1CCCCC1. The number of hydrogen-bond acceptors (Lipinski definition) is 2. The molecule has 0 unspecified atom stereocenters. The minimum Gasteiger partial charge on any atom is -0.324 e. The maximum absolute atomic E-state index is 9.46. The first-order chi connectivity index (χ1) is 15.8. The van der Waals surface area contributed by atoms with Gasteiger partial charge in [-0.3, -0.25) is 0 Å². The zero-order valence-corrected chi connectivity index (χ0v) is 18.5. The number of benzene rings is 3. The summed E-state index contributed by atoms with van der Waals surface area (Å²) < 4.78 is 2.47. The Morgan fingerprint density at radius 1 is 0.812 bits per heavy atom. The van der Waals surface area contributed by atoms with Crippen molar-refractivity contribution < 1.29 is 0 Å². The molecule has 0 saturated heterocycles. The molecule has 1 aliphatic carbocycles. The van der Waals surface area contributed by atoms with Crippen LogP contribution in [0.4, 0.5) is 0 Å². The van der Waals surface area contributed by atoms with E-state index in [9.17, 15) is 5.26 Å². The topological polar surface area (TPSA) is 41.6 Å². The highest BCUT2D eigenvalue weighted by Crippen LogP contribution is 2.32. The van der Waals surface area contributed by atoms with Crippen LogP contribution in [-0.4, -0.2) is 9.55 Å². The van der Waals surface area contributed by atoms with Gasteiger partial charge in [0.25, 0.3) is 0 Å². The molecule has 0 aliphatic heterocycles. The molecule has 1 heterocycles. The zero-order chi connectivity index (χ0) is 21.8. The Labute approximate surface area is 190 Å². The molecule has 0 bridgehead atoms. The van der Waals surface area contributed by atoms with Gasteiger partial charge in [0, 0.05) is 12.1 Å². The fourth-order valence-corrected chi connectivity index (χ4v) is 5.17. The van der Waals surface area contributed by atoms with Gasteiger partial charge >= 0.3 is 0 Å². The van der Waals surface area contributed by atoms with E-state index in [1.54, 1.807) is 0 Å². The van der Waals surface area contributed by atoms with Crippen LogP contribution in [0.15, 0.2) is 72.8 Å². The molecule has 5 rings (SSSR count). The Balaban J connectivity index is 1.51. The first-order valence-corrected chi connectivity index (χ1v) is 11.8. The lowest BCUT2D eigenvalue weighted by molar-refractivity contribution is 0.323. The summed E-state index contributed by atoms with van der Waals surface area (Å²) >= 11 is 0. The van der Waals surface area contributed by atoms with Crippen LogP contribution in [0, 0.1) is 17.2 Å². The van der Waals surface area contributed by atoms with Crippen LogP contribution in [0.25, 0.3) is 22.4 Å². The summed E-state index contributed by atoms with van der Waals surface area (Å²) in [7, 11) is 0. The van der Waals surface area contributed by atoms with Crippen molar-refractivity contribution in [2.24, 2.45) is 5.92 Å². The van der Waals surface area contributed by atoms with Crippen LogP contribution in [0.2, 0.25) is 0 Å². The van der Waals surface area contributed by atoms with Crippen molar-refractivity contribution in [2.45, 2.75) is 51.5 Å². The number of nitriles is 1. The van der Waals surface area contributed by atoms with E-state index in [2.05, 4.69) is 65.2 Å². The first kappa shape index (κ1) is 20.5. The molecule has 0 radical (unpaired) electrons. The van der Waals surface area contributed by atoms with Gasteiger partial charge in [-0.1, -0.05) is 73.9 Å². The van der Waals surface area contributed by atoms with Gasteiger partial charge < -0.3 is 4.57 Å². The van der Waals surface area contributed by atoms with Gasteiger partial charge in [0.2, 0.25) is 0 Å². The number of nitrogens with zero attached hydrogens (tertiary/aromatic N) is 3. The number of fused-ring (bicyclic) bond motifs is 1. The van der Waals surface area contributed by atoms with Crippen LogP contribution >= 0.6 is 0 Å². The number of aryl methyl sites for hydroxylation is 2. The number of aromatic nitrogens is 2. The summed E-state index contributed by atoms with van der Waals surface area (Å²) in [6.07, 6.45) is 8.45. The zero-order valence-electron chi connectivity index (χ0n) is 18.5. The monoisotopic (exact) mass is 419 g/mol. The summed E-state index contributed by atoms with van der Waals surface area (Å²) in [5, 5.41) is 9.46. The number of hydrogen-bond donors (Lipinski definition) is 0. The van der Waals surface area contributed by atoms with E-state index in [0.717, 1.165) is 47.8 Å². The Morgan fingerprint density at radius 3 is 2.34 bits per heavy atom. The highest BCUT2D eigenvalue weighted by molar-refractivity contribution is 5.81. The quantitative estimate of drug-likeness (QED) is 0.340. The van der Waals surface area contributed by atoms with Crippen molar-refractivity contribution in [1.82, 2.24) is 9.55 Å². The molecule has 0 N–H and O–H groups in total. The molecule has 0 atom stereocenters. The summed E-state index contributed by atoms with van der Waals surface area (Å²) in [5.41, 5.74) is 6.70. The molecule has 1 saturated carbocycles.